The van der Waals surface area contributed by atoms with Gasteiger partial charge in [0.1, 0.15) is 0 Å². The highest BCUT2D eigenvalue weighted by Crippen LogP contribution is 2.25. The molecule has 1 aromatic carbocycles. The molecule has 1 aliphatic heterocycles. The summed E-state index contributed by atoms with van der Waals surface area (Å²) in [5.74, 6) is -0.0557. The van der Waals surface area contributed by atoms with E-state index in [-0.39, 0.29) is 22.6 Å². The van der Waals surface area contributed by atoms with Crippen LogP contribution in [0.4, 0.5) is 0 Å². The van der Waals surface area contributed by atoms with Crippen LogP contribution in [0, 0.1) is 5.92 Å². The molecule has 1 aromatic rings. The number of piperidine rings is 1. The fourth-order valence-electron chi connectivity index (χ4n) is 2.69. The van der Waals surface area contributed by atoms with Crippen molar-refractivity contribution in [3.63, 3.8) is 0 Å². The predicted molar refractivity (Wildman–Crippen MR) is 82.8 cm³/mol. The van der Waals surface area contributed by atoms with E-state index >= 15 is 0 Å². The second kappa shape index (κ2) is 6.28. The monoisotopic (exact) mass is 309 g/mol. The second-order valence-corrected chi connectivity index (χ2v) is 7.89. The molecule has 1 unspecified atom stereocenters. The first-order valence-corrected chi connectivity index (χ1v) is 8.94. The van der Waals surface area contributed by atoms with E-state index in [2.05, 4.69) is 0 Å². The van der Waals surface area contributed by atoms with Gasteiger partial charge < -0.3 is 0 Å². The number of benzene rings is 1. The maximum atomic E-state index is 12.7. The molecule has 4 nitrogen and oxygen atoms in total. The minimum absolute atomic E-state index is 0.0327. The predicted octanol–water partition coefficient (Wildman–Crippen LogP) is 3.09. The van der Waals surface area contributed by atoms with E-state index in [1.165, 1.54) is 0 Å². The van der Waals surface area contributed by atoms with Gasteiger partial charge in [-0.05, 0) is 31.9 Å². The number of rotatable bonds is 4. The number of sulfonamides is 1. The Hall–Kier alpha value is -1.20. The van der Waals surface area contributed by atoms with Crippen LogP contribution in [-0.4, -0.2) is 31.1 Å². The number of hydrogen-bond acceptors (Lipinski definition) is 3. The first-order valence-electron chi connectivity index (χ1n) is 7.50. The number of carbonyl (C=O) groups is 1. The van der Waals surface area contributed by atoms with Crippen molar-refractivity contribution in [2.75, 3.05) is 6.54 Å². The normalized spacial score (nSPS) is 20.7. The zero-order chi connectivity index (χ0) is 15.6. The first kappa shape index (κ1) is 16.2. The van der Waals surface area contributed by atoms with Crippen molar-refractivity contribution in [3.05, 3.63) is 29.8 Å². The van der Waals surface area contributed by atoms with Gasteiger partial charge in [-0.25, -0.2) is 8.42 Å². The van der Waals surface area contributed by atoms with E-state index in [4.69, 9.17) is 0 Å². The summed E-state index contributed by atoms with van der Waals surface area (Å²) in [6, 6.07) is 6.37. The zero-order valence-electron chi connectivity index (χ0n) is 12.9. The molecule has 1 aliphatic rings. The van der Waals surface area contributed by atoms with Crippen LogP contribution in [0.25, 0.3) is 0 Å². The van der Waals surface area contributed by atoms with Gasteiger partial charge in [0, 0.05) is 24.1 Å². The lowest BCUT2D eigenvalue weighted by Gasteiger charge is -2.32. The summed E-state index contributed by atoms with van der Waals surface area (Å²) >= 11 is 0. The Morgan fingerprint density at radius 3 is 2.33 bits per heavy atom. The Bertz CT molecular complexity index is 605. The molecule has 0 spiro atoms. The molecule has 0 bridgehead atoms. The Labute approximate surface area is 127 Å². The van der Waals surface area contributed by atoms with Gasteiger partial charge >= 0.3 is 0 Å². The molecule has 0 saturated carbocycles. The fourth-order valence-corrected chi connectivity index (χ4v) is 4.39. The van der Waals surface area contributed by atoms with Crippen LogP contribution < -0.4 is 0 Å². The van der Waals surface area contributed by atoms with Gasteiger partial charge in [-0.15, -0.1) is 0 Å². The quantitative estimate of drug-likeness (QED) is 0.803. The van der Waals surface area contributed by atoms with Crippen LogP contribution in [-0.2, 0) is 10.0 Å². The van der Waals surface area contributed by atoms with Crippen LogP contribution >= 0.6 is 0 Å². The number of nitrogens with zero attached hydrogens (tertiary/aromatic N) is 1. The maximum absolute atomic E-state index is 12.7. The molecule has 1 saturated heterocycles. The van der Waals surface area contributed by atoms with Crippen molar-refractivity contribution in [2.45, 2.75) is 51.0 Å². The van der Waals surface area contributed by atoms with Crippen LogP contribution in [0.1, 0.15) is 50.4 Å². The lowest BCUT2D eigenvalue weighted by atomic mass is 10.0. The van der Waals surface area contributed by atoms with Gasteiger partial charge in [0.2, 0.25) is 10.0 Å². The number of hydrogen-bond donors (Lipinski definition) is 0. The highest BCUT2D eigenvalue weighted by Gasteiger charge is 2.30. The minimum atomic E-state index is -3.45. The van der Waals surface area contributed by atoms with Crippen LogP contribution in [0.2, 0.25) is 0 Å². The summed E-state index contributed by atoms with van der Waals surface area (Å²) < 4.78 is 26.9. The van der Waals surface area contributed by atoms with Gasteiger partial charge in [0.25, 0.3) is 0 Å². The maximum Gasteiger partial charge on any atom is 0.243 e. The van der Waals surface area contributed by atoms with E-state index in [0.717, 1.165) is 19.3 Å². The van der Waals surface area contributed by atoms with Gasteiger partial charge in [-0.3, -0.25) is 4.79 Å². The molecule has 21 heavy (non-hydrogen) atoms. The van der Waals surface area contributed by atoms with Gasteiger partial charge in [0.15, 0.2) is 5.78 Å². The molecule has 0 N–H and O–H groups in total. The fraction of sp³-hybridized carbons (Fsp3) is 0.562. The van der Waals surface area contributed by atoms with Crippen LogP contribution in [0.5, 0.6) is 0 Å². The molecular weight excluding hydrogens is 286 g/mol. The molecule has 1 atom stereocenters. The molecular formula is C16H23NO3S. The number of ketones is 1. The number of Topliss-reactive ketones (excluding diaryl/α,β-unsaturated/α-hetero) is 1. The van der Waals surface area contributed by atoms with Crippen molar-refractivity contribution < 1.29 is 13.2 Å². The van der Waals surface area contributed by atoms with Crippen molar-refractivity contribution in [1.29, 1.82) is 0 Å². The third-order valence-electron chi connectivity index (χ3n) is 4.01. The SMILES string of the molecule is CC(C)C(=O)c1ccc(S(=O)(=O)N2CCCCC2C)cc1. The zero-order valence-corrected chi connectivity index (χ0v) is 13.7. The van der Waals surface area contributed by atoms with Crippen molar-refractivity contribution in [3.8, 4) is 0 Å². The molecule has 0 aromatic heterocycles. The summed E-state index contributed by atoms with van der Waals surface area (Å²) in [6.45, 7) is 6.20. The molecule has 0 amide bonds. The summed E-state index contributed by atoms with van der Waals surface area (Å²) in [4.78, 5) is 12.2. The van der Waals surface area contributed by atoms with Crippen LogP contribution in [0.15, 0.2) is 29.2 Å². The van der Waals surface area contributed by atoms with Crippen molar-refractivity contribution >= 4 is 15.8 Å². The largest absolute Gasteiger partial charge is 0.294 e. The van der Waals surface area contributed by atoms with E-state index in [1.807, 2.05) is 20.8 Å². The summed E-state index contributed by atoms with van der Waals surface area (Å²) in [5.41, 5.74) is 0.565. The highest BCUT2D eigenvalue weighted by atomic mass is 32.2. The molecule has 116 valence electrons. The average molecular weight is 309 g/mol. The lowest BCUT2D eigenvalue weighted by molar-refractivity contribution is 0.0939. The van der Waals surface area contributed by atoms with Gasteiger partial charge in [0.05, 0.1) is 4.90 Å². The molecule has 1 heterocycles. The Kier molecular flexibility index (Phi) is 4.84. The third-order valence-corrected chi connectivity index (χ3v) is 6.04. The minimum Gasteiger partial charge on any atom is -0.294 e. The summed E-state index contributed by atoms with van der Waals surface area (Å²) in [7, 11) is -3.45. The summed E-state index contributed by atoms with van der Waals surface area (Å²) in [6.07, 6.45) is 2.89. The highest BCUT2D eigenvalue weighted by molar-refractivity contribution is 7.89. The Morgan fingerprint density at radius 2 is 1.81 bits per heavy atom. The standard InChI is InChI=1S/C16H23NO3S/c1-12(2)16(18)14-7-9-15(10-8-14)21(19,20)17-11-5-4-6-13(17)3/h7-10,12-13H,4-6,11H2,1-3H3. The van der Waals surface area contributed by atoms with E-state index in [1.54, 1.807) is 28.6 Å². The number of carbonyl (C=O) groups excluding carboxylic acids is 1. The van der Waals surface area contributed by atoms with E-state index in [0.29, 0.717) is 12.1 Å². The second-order valence-electron chi connectivity index (χ2n) is 6.00. The van der Waals surface area contributed by atoms with Gasteiger partial charge in [-0.1, -0.05) is 32.4 Å². The smallest absolute Gasteiger partial charge is 0.243 e. The van der Waals surface area contributed by atoms with Crippen molar-refractivity contribution in [2.24, 2.45) is 5.92 Å². The third kappa shape index (κ3) is 3.35. The van der Waals surface area contributed by atoms with Gasteiger partial charge in [-0.2, -0.15) is 4.31 Å². The van der Waals surface area contributed by atoms with Crippen molar-refractivity contribution in [1.82, 2.24) is 4.31 Å². The topological polar surface area (TPSA) is 54.5 Å². The molecule has 5 heteroatoms. The Morgan fingerprint density at radius 1 is 1.19 bits per heavy atom. The van der Waals surface area contributed by atoms with Crippen LogP contribution in [0.3, 0.4) is 0 Å². The molecule has 0 radical (unpaired) electrons. The average Bonchev–Trinajstić information content (AvgIpc) is 2.46. The molecule has 2 rings (SSSR count). The Balaban J connectivity index is 2.27. The van der Waals surface area contributed by atoms with E-state index < -0.39 is 10.0 Å². The van der Waals surface area contributed by atoms with E-state index in [9.17, 15) is 13.2 Å². The molecule has 0 aliphatic carbocycles. The first-order chi connectivity index (χ1) is 9.84. The molecule has 1 fully saturated rings. The lowest BCUT2D eigenvalue weighted by Crippen LogP contribution is -2.41. The summed E-state index contributed by atoms with van der Waals surface area (Å²) in [5, 5.41) is 0.